The molecule has 0 saturated heterocycles. The highest BCUT2D eigenvalue weighted by molar-refractivity contribution is 6.04. The molecule has 0 aliphatic heterocycles. The Morgan fingerprint density at radius 3 is 2.32 bits per heavy atom. The summed E-state index contributed by atoms with van der Waals surface area (Å²) in [4.78, 5) is 38.9. The van der Waals surface area contributed by atoms with Crippen LogP contribution in [0.15, 0.2) is 18.2 Å². The Morgan fingerprint density at radius 2 is 1.75 bits per heavy atom. The third-order valence-electron chi connectivity index (χ3n) is 4.66. The summed E-state index contributed by atoms with van der Waals surface area (Å²) < 4.78 is 10.6. The van der Waals surface area contributed by atoms with E-state index in [9.17, 15) is 14.4 Å². The first-order valence-electron chi connectivity index (χ1n) is 9.24. The van der Waals surface area contributed by atoms with Gasteiger partial charge in [0.1, 0.15) is 5.75 Å². The van der Waals surface area contributed by atoms with Gasteiger partial charge in [-0.2, -0.15) is 0 Å². The van der Waals surface area contributed by atoms with E-state index in [4.69, 9.17) is 9.47 Å². The minimum Gasteiger partial charge on any atom is -0.482 e. The molecule has 0 amide bonds. The van der Waals surface area contributed by atoms with Crippen molar-refractivity contribution in [1.29, 1.82) is 0 Å². The lowest BCUT2D eigenvalue weighted by Gasteiger charge is -2.12. The fourth-order valence-electron chi connectivity index (χ4n) is 3.08. The van der Waals surface area contributed by atoms with Gasteiger partial charge in [-0.1, -0.05) is 26.0 Å². The van der Waals surface area contributed by atoms with Gasteiger partial charge < -0.3 is 14.5 Å². The number of aromatic amines is 1. The molecule has 0 aliphatic carbocycles. The van der Waals surface area contributed by atoms with Gasteiger partial charge in [-0.25, -0.2) is 4.79 Å². The van der Waals surface area contributed by atoms with Gasteiger partial charge in [-0.05, 0) is 56.4 Å². The summed E-state index contributed by atoms with van der Waals surface area (Å²) in [6.45, 7) is 10.2. The number of Topliss-reactive ketones (excluding diaryl/α,β-unsaturated/α-hetero) is 2. The van der Waals surface area contributed by atoms with Gasteiger partial charge in [-0.15, -0.1) is 0 Å². The number of aromatic nitrogens is 1. The zero-order chi connectivity index (χ0) is 21.0. The fourth-order valence-corrected chi connectivity index (χ4v) is 3.08. The second-order valence-electron chi connectivity index (χ2n) is 7.23. The second kappa shape index (κ2) is 8.87. The molecular formula is C22H27NO5. The van der Waals surface area contributed by atoms with E-state index in [1.807, 2.05) is 25.1 Å². The van der Waals surface area contributed by atoms with Crippen molar-refractivity contribution < 1.29 is 23.9 Å². The Balaban J connectivity index is 1.95. The van der Waals surface area contributed by atoms with Crippen molar-refractivity contribution in [2.45, 2.75) is 47.5 Å². The van der Waals surface area contributed by atoms with Crippen molar-refractivity contribution in [3.8, 4) is 5.75 Å². The van der Waals surface area contributed by atoms with Crippen molar-refractivity contribution in [1.82, 2.24) is 4.98 Å². The van der Waals surface area contributed by atoms with Crippen LogP contribution in [0.3, 0.4) is 0 Å². The molecule has 0 saturated carbocycles. The number of rotatable bonds is 8. The Hall–Kier alpha value is -2.89. The van der Waals surface area contributed by atoms with Crippen LogP contribution in [-0.2, 0) is 9.53 Å². The maximum atomic E-state index is 12.3. The van der Waals surface area contributed by atoms with Crippen molar-refractivity contribution in [2.75, 3.05) is 13.2 Å². The number of aryl methyl sites for hydroxylation is 2. The first kappa shape index (κ1) is 21.4. The SMILES string of the molecule is CC(=O)c1c(C)[nH]c(C(=O)COC(=O)COc2cc(C(C)C)ccc2C)c1C. The average Bonchev–Trinajstić information content (AvgIpc) is 2.93. The number of benzene rings is 1. The summed E-state index contributed by atoms with van der Waals surface area (Å²) in [5.41, 5.74) is 4.02. The molecule has 0 unspecified atom stereocenters. The summed E-state index contributed by atoms with van der Waals surface area (Å²) in [5.74, 6) is -0.166. The van der Waals surface area contributed by atoms with E-state index in [0.717, 1.165) is 11.1 Å². The Morgan fingerprint density at radius 1 is 1.07 bits per heavy atom. The minimum atomic E-state index is -0.629. The average molecular weight is 385 g/mol. The highest BCUT2D eigenvalue weighted by Gasteiger charge is 2.21. The lowest BCUT2D eigenvalue weighted by molar-refractivity contribution is -0.144. The highest BCUT2D eigenvalue weighted by atomic mass is 16.6. The molecule has 2 aromatic rings. The molecule has 1 aromatic heterocycles. The maximum absolute atomic E-state index is 12.3. The van der Waals surface area contributed by atoms with E-state index in [0.29, 0.717) is 28.5 Å². The van der Waals surface area contributed by atoms with Gasteiger partial charge in [0.25, 0.3) is 0 Å². The first-order valence-corrected chi connectivity index (χ1v) is 9.24. The molecule has 2 rings (SSSR count). The van der Waals surface area contributed by atoms with Crippen LogP contribution in [0.25, 0.3) is 0 Å². The van der Waals surface area contributed by atoms with Crippen LogP contribution in [0.5, 0.6) is 5.75 Å². The van der Waals surface area contributed by atoms with E-state index in [2.05, 4.69) is 18.8 Å². The van der Waals surface area contributed by atoms with Gasteiger partial charge >= 0.3 is 5.97 Å². The topological polar surface area (TPSA) is 85.5 Å². The van der Waals surface area contributed by atoms with Crippen molar-refractivity contribution in [2.24, 2.45) is 0 Å². The molecule has 0 spiro atoms. The quantitative estimate of drug-likeness (QED) is 0.547. The molecule has 1 N–H and O–H groups in total. The van der Waals surface area contributed by atoms with E-state index in [1.165, 1.54) is 6.92 Å². The van der Waals surface area contributed by atoms with E-state index >= 15 is 0 Å². The number of hydrogen-bond donors (Lipinski definition) is 1. The summed E-state index contributed by atoms with van der Waals surface area (Å²) in [6, 6.07) is 5.88. The third-order valence-corrected chi connectivity index (χ3v) is 4.66. The predicted octanol–water partition coefficient (Wildman–Crippen LogP) is 4.07. The molecule has 6 nitrogen and oxygen atoms in total. The number of carbonyl (C=O) groups is 3. The molecule has 1 aromatic carbocycles. The van der Waals surface area contributed by atoms with Crippen LogP contribution in [0.4, 0.5) is 0 Å². The number of ketones is 2. The normalized spacial score (nSPS) is 10.8. The Bertz CT molecular complexity index is 908. The minimum absolute atomic E-state index is 0.116. The summed E-state index contributed by atoms with van der Waals surface area (Å²) in [7, 11) is 0. The summed E-state index contributed by atoms with van der Waals surface area (Å²) >= 11 is 0. The predicted molar refractivity (Wildman–Crippen MR) is 106 cm³/mol. The summed E-state index contributed by atoms with van der Waals surface area (Å²) in [6.07, 6.45) is 0. The van der Waals surface area contributed by atoms with E-state index in [-0.39, 0.29) is 23.9 Å². The van der Waals surface area contributed by atoms with Crippen LogP contribution in [0.1, 0.15) is 69.9 Å². The molecule has 1 heterocycles. The molecule has 0 radical (unpaired) electrons. The van der Waals surface area contributed by atoms with Crippen molar-refractivity contribution >= 4 is 17.5 Å². The first-order chi connectivity index (χ1) is 13.1. The van der Waals surface area contributed by atoms with Crippen LogP contribution in [-0.4, -0.2) is 35.7 Å². The van der Waals surface area contributed by atoms with Crippen LogP contribution < -0.4 is 4.74 Å². The smallest absolute Gasteiger partial charge is 0.344 e. The molecule has 6 heteroatoms. The monoisotopic (exact) mass is 385 g/mol. The van der Waals surface area contributed by atoms with Crippen molar-refractivity contribution in [3.05, 3.63) is 51.8 Å². The third kappa shape index (κ3) is 4.88. The number of ether oxygens (including phenoxy) is 2. The molecule has 0 atom stereocenters. The lowest BCUT2D eigenvalue weighted by atomic mass is 10.0. The molecule has 28 heavy (non-hydrogen) atoms. The number of H-pyrrole nitrogens is 1. The van der Waals surface area contributed by atoms with Crippen LogP contribution >= 0.6 is 0 Å². The van der Waals surface area contributed by atoms with Gasteiger partial charge in [0.05, 0.1) is 5.69 Å². The molecular weight excluding hydrogens is 358 g/mol. The largest absolute Gasteiger partial charge is 0.482 e. The second-order valence-corrected chi connectivity index (χ2v) is 7.23. The van der Waals surface area contributed by atoms with Crippen LogP contribution in [0, 0.1) is 20.8 Å². The summed E-state index contributed by atoms with van der Waals surface area (Å²) in [5, 5.41) is 0. The zero-order valence-corrected chi connectivity index (χ0v) is 17.3. The Kier molecular flexibility index (Phi) is 6.78. The van der Waals surface area contributed by atoms with Gasteiger partial charge in [0.2, 0.25) is 5.78 Å². The fraction of sp³-hybridized carbons (Fsp3) is 0.409. The van der Waals surface area contributed by atoms with Crippen molar-refractivity contribution in [3.63, 3.8) is 0 Å². The molecule has 0 bridgehead atoms. The highest BCUT2D eigenvalue weighted by Crippen LogP contribution is 2.24. The van der Waals surface area contributed by atoms with E-state index < -0.39 is 12.6 Å². The van der Waals surface area contributed by atoms with Gasteiger partial charge in [0, 0.05) is 11.3 Å². The lowest BCUT2D eigenvalue weighted by Crippen LogP contribution is -2.20. The van der Waals surface area contributed by atoms with Crippen LogP contribution in [0.2, 0.25) is 0 Å². The Labute approximate surface area is 165 Å². The molecule has 150 valence electrons. The molecule has 0 aliphatic rings. The number of carbonyl (C=O) groups excluding carboxylic acids is 3. The van der Waals surface area contributed by atoms with Gasteiger partial charge in [0.15, 0.2) is 19.0 Å². The standard InChI is InChI=1S/C22H27NO5/c1-12(2)17-8-7-13(3)19(9-17)27-11-20(26)28-10-18(25)22-14(4)21(16(6)24)15(5)23-22/h7-9,12,23H,10-11H2,1-6H3. The zero-order valence-electron chi connectivity index (χ0n) is 17.3. The maximum Gasteiger partial charge on any atom is 0.344 e. The van der Waals surface area contributed by atoms with E-state index in [1.54, 1.807) is 13.8 Å². The van der Waals surface area contributed by atoms with Gasteiger partial charge in [-0.3, -0.25) is 9.59 Å². The molecule has 0 fully saturated rings. The number of nitrogens with one attached hydrogen (secondary N) is 1. The number of hydrogen-bond acceptors (Lipinski definition) is 5. The number of esters is 1.